The monoisotopic (exact) mass is 268 g/mol. The first-order chi connectivity index (χ1) is 9.65. The average Bonchev–Trinajstić information content (AvgIpc) is 3.07. The quantitative estimate of drug-likeness (QED) is 0.762. The second kappa shape index (κ2) is 4.65. The molecular weight excluding hydrogens is 256 g/mol. The van der Waals surface area contributed by atoms with Crippen molar-refractivity contribution in [2.24, 2.45) is 7.05 Å². The zero-order valence-corrected chi connectivity index (χ0v) is 10.7. The number of carbonyl (C=O) groups is 1. The predicted molar refractivity (Wildman–Crippen MR) is 73.2 cm³/mol. The highest BCUT2D eigenvalue weighted by Crippen LogP contribution is 2.22. The van der Waals surface area contributed by atoms with E-state index >= 15 is 0 Å². The van der Waals surface area contributed by atoms with Gasteiger partial charge in [0.05, 0.1) is 5.69 Å². The molecule has 6 nitrogen and oxygen atoms in total. The van der Waals surface area contributed by atoms with Gasteiger partial charge in [0, 0.05) is 30.6 Å². The van der Waals surface area contributed by atoms with Crippen LogP contribution in [0, 0.1) is 0 Å². The molecular formula is C14H12N4O2. The van der Waals surface area contributed by atoms with Gasteiger partial charge in [0.15, 0.2) is 0 Å². The van der Waals surface area contributed by atoms with Gasteiger partial charge in [0.1, 0.15) is 11.5 Å². The lowest BCUT2D eigenvalue weighted by Gasteiger charge is -2.02. The molecule has 0 saturated heterocycles. The van der Waals surface area contributed by atoms with E-state index in [9.17, 15) is 4.79 Å². The van der Waals surface area contributed by atoms with Crippen LogP contribution in [0.15, 0.2) is 42.7 Å². The highest BCUT2D eigenvalue weighted by atomic mass is 16.4. The number of carboxylic acid groups (broad SMARTS) is 1. The lowest BCUT2D eigenvalue weighted by molar-refractivity contribution is 0.0690. The predicted octanol–water partition coefficient (Wildman–Crippen LogP) is 2.18. The van der Waals surface area contributed by atoms with Crippen molar-refractivity contribution in [1.29, 1.82) is 0 Å². The number of nitrogens with zero attached hydrogens (tertiary/aromatic N) is 3. The van der Waals surface area contributed by atoms with Gasteiger partial charge in [-0.15, -0.1) is 0 Å². The molecule has 1 aromatic carbocycles. The second-order valence-corrected chi connectivity index (χ2v) is 4.41. The lowest BCUT2D eigenvalue weighted by Crippen LogP contribution is -1.95. The highest BCUT2D eigenvalue weighted by Gasteiger charge is 2.10. The molecule has 0 spiro atoms. The zero-order valence-electron chi connectivity index (χ0n) is 10.7. The summed E-state index contributed by atoms with van der Waals surface area (Å²) in [6.45, 7) is 0. The summed E-state index contributed by atoms with van der Waals surface area (Å²) < 4.78 is 1.94. The minimum absolute atomic E-state index is 0.0770. The standard InChI is InChI=1S/C14H12N4O2/c1-18-7-6-15-13(18)10-4-2-9(3-5-10)11-8-12(14(19)20)17-16-11/h2-8H,1H3,(H,16,17)(H,19,20). The second-order valence-electron chi connectivity index (χ2n) is 4.41. The number of aryl methyl sites for hydroxylation is 1. The first kappa shape index (κ1) is 12.2. The van der Waals surface area contributed by atoms with Gasteiger partial charge in [-0.05, 0) is 6.07 Å². The Balaban J connectivity index is 1.93. The van der Waals surface area contributed by atoms with Crippen LogP contribution in [-0.2, 0) is 7.05 Å². The summed E-state index contributed by atoms with van der Waals surface area (Å²) in [6, 6.07) is 9.18. The number of hydrogen-bond donors (Lipinski definition) is 2. The van der Waals surface area contributed by atoms with Crippen LogP contribution in [-0.4, -0.2) is 30.8 Å². The Morgan fingerprint density at radius 3 is 2.50 bits per heavy atom. The third kappa shape index (κ3) is 2.07. The number of aromatic nitrogens is 4. The Hall–Kier alpha value is -2.89. The molecule has 2 aromatic heterocycles. The van der Waals surface area contributed by atoms with Crippen LogP contribution in [0.25, 0.3) is 22.6 Å². The number of imidazole rings is 1. The van der Waals surface area contributed by atoms with Gasteiger partial charge >= 0.3 is 5.97 Å². The number of hydrogen-bond acceptors (Lipinski definition) is 3. The molecule has 2 heterocycles. The van der Waals surface area contributed by atoms with E-state index in [0.29, 0.717) is 5.69 Å². The first-order valence-corrected chi connectivity index (χ1v) is 6.02. The lowest BCUT2D eigenvalue weighted by atomic mass is 10.1. The van der Waals surface area contributed by atoms with Crippen molar-refractivity contribution in [2.75, 3.05) is 0 Å². The molecule has 20 heavy (non-hydrogen) atoms. The van der Waals surface area contributed by atoms with Crippen molar-refractivity contribution in [3.63, 3.8) is 0 Å². The fourth-order valence-corrected chi connectivity index (χ4v) is 2.01. The Labute approximate surface area is 114 Å². The number of benzene rings is 1. The fraction of sp³-hybridized carbons (Fsp3) is 0.0714. The summed E-state index contributed by atoms with van der Waals surface area (Å²) >= 11 is 0. The van der Waals surface area contributed by atoms with Crippen LogP contribution in [0.3, 0.4) is 0 Å². The fourth-order valence-electron chi connectivity index (χ4n) is 2.01. The number of aromatic carboxylic acids is 1. The SMILES string of the molecule is Cn1ccnc1-c1ccc(-c2cc(C(=O)O)[nH]n2)cc1. The molecule has 0 unspecified atom stereocenters. The van der Waals surface area contributed by atoms with E-state index in [4.69, 9.17) is 5.11 Å². The molecule has 0 fully saturated rings. The van der Waals surface area contributed by atoms with Crippen molar-refractivity contribution in [1.82, 2.24) is 19.7 Å². The molecule has 0 radical (unpaired) electrons. The molecule has 2 N–H and O–H groups in total. The van der Waals surface area contributed by atoms with E-state index in [-0.39, 0.29) is 5.69 Å². The van der Waals surface area contributed by atoms with Gasteiger partial charge in [-0.2, -0.15) is 5.10 Å². The minimum Gasteiger partial charge on any atom is -0.477 e. The van der Waals surface area contributed by atoms with Crippen LogP contribution in [0.5, 0.6) is 0 Å². The van der Waals surface area contributed by atoms with E-state index < -0.39 is 5.97 Å². The number of nitrogens with one attached hydrogen (secondary N) is 1. The van der Waals surface area contributed by atoms with E-state index in [1.54, 1.807) is 6.20 Å². The van der Waals surface area contributed by atoms with Gasteiger partial charge in [-0.1, -0.05) is 24.3 Å². The number of aromatic amines is 1. The summed E-state index contributed by atoms with van der Waals surface area (Å²) in [5, 5.41) is 15.3. The largest absolute Gasteiger partial charge is 0.477 e. The van der Waals surface area contributed by atoms with Crippen molar-refractivity contribution in [3.05, 3.63) is 48.4 Å². The van der Waals surface area contributed by atoms with E-state index in [1.807, 2.05) is 42.1 Å². The van der Waals surface area contributed by atoms with E-state index in [0.717, 1.165) is 17.0 Å². The molecule has 0 atom stereocenters. The molecule has 0 saturated carbocycles. The average molecular weight is 268 g/mol. The molecule has 0 aliphatic heterocycles. The molecule has 6 heteroatoms. The molecule has 0 amide bonds. The zero-order chi connectivity index (χ0) is 14.1. The molecule has 0 aliphatic carbocycles. The van der Waals surface area contributed by atoms with Crippen LogP contribution >= 0.6 is 0 Å². The van der Waals surface area contributed by atoms with Crippen LogP contribution < -0.4 is 0 Å². The van der Waals surface area contributed by atoms with Gasteiger partial charge in [-0.25, -0.2) is 9.78 Å². The van der Waals surface area contributed by atoms with E-state index in [1.165, 1.54) is 6.07 Å². The molecule has 0 aliphatic rings. The minimum atomic E-state index is -1.02. The smallest absolute Gasteiger partial charge is 0.353 e. The maximum Gasteiger partial charge on any atom is 0.353 e. The maximum atomic E-state index is 10.8. The Bertz CT molecular complexity index is 756. The summed E-state index contributed by atoms with van der Waals surface area (Å²) in [5.74, 6) is -0.141. The number of carboxylic acids is 1. The molecule has 3 aromatic rings. The van der Waals surface area contributed by atoms with Gasteiger partial charge in [0.25, 0.3) is 0 Å². The van der Waals surface area contributed by atoms with Crippen LogP contribution in [0.4, 0.5) is 0 Å². The number of rotatable bonds is 3. The third-order valence-corrected chi connectivity index (χ3v) is 3.07. The number of H-pyrrole nitrogens is 1. The van der Waals surface area contributed by atoms with Crippen LogP contribution in [0.2, 0.25) is 0 Å². The van der Waals surface area contributed by atoms with Crippen molar-refractivity contribution < 1.29 is 9.90 Å². The highest BCUT2D eigenvalue weighted by molar-refractivity contribution is 5.86. The van der Waals surface area contributed by atoms with Crippen molar-refractivity contribution in [2.45, 2.75) is 0 Å². The molecule has 0 bridgehead atoms. The summed E-state index contributed by atoms with van der Waals surface area (Å²) in [6.07, 6.45) is 3.63. The molecule has 3 rings (SSSR count). The normalized spacial score (nSPS) is 10.7. The summed E-state index contributed by atoms with van der Waals surface area (Å²) in [7, 11) is 1.93. The topological polar surface area (TPSA) is 83.8 Å². The third-order valence-electron chi connectivity index (χ3n) is 3.07. The van der Waals surface area contributed by atoms with Gasteiger partial charge in [0.2, 0.25) is 0 Å². The van der Waals surface area contributed by atoms with Gasteiger partial charge < -0.3 is 9.67 Å². The Kier molecular flexibility index (Phi) is 2.83. The van der Waals surface area contributed by atoms with E-state index in [2.05, 4.69) is 15.2 Å². The maximum absolute atomic E-state index is 10.8. The van der Waals surface area contributed by atoms with Crippen LogP contribution in [0.1, 0.15) is 10.5 Å². The molecule has 100 valence electrons. The first-order valence-electron chi connectivity index (χ1n) is 6.02. The Morgan fingerprint density at radius 2 is 1.95 bits per heavy atom. The Morgan fingerprint density at radius 1 is 1.25 bits per heavy atom. The summed E-state index contributed by atoms with van der Waals surface area (Å²) in [5.41, 5.74) is 2.53. The summed E-state index contributed by atoms with van der Waals surface area (Å²) in [4.78, 5) is 15.1. The van der Waals surface area contributed by atoms with Gasteiger partial charge in [-0.3, -0.25) is 5.10 Å². The van der Waals surface area contributed by atoms with Crippen molar-refractivity contribution in [3.8, 4) is 22.6 Å². The van der Waals surface area contributed by atoms with Crippen molar-refractivity contribution >= 4 is 5.97 Å².